The lowest BCUT2D eigenvalue weighted by Gasteiger charge is -2.11. The Hall–Kier alpha value is -0.830. The fourth-order valence-corrected chi connectivity index (χ4v) is 1.78. The van der Waals surface area contributed by atoms with Gasteiger partial charge in [0, 0.05) is 0 Å². The molecule has 1 N–H and O–H groups in total. The van der Waals surface area contributed by atoms with Gasteiger partial charge in [-0.3, -0.25) is 4.79 Å². The average molecular weight is 198 g/mol. The van der Waals surface area contributed by atoms with E-state index in [4.69, 9.17) is 4.74 Å². The van der Waals surface area contributed by atoms with Gasteiger partial charge in [0.15, 0.2) is 0 Å². The molecule has 0 heterocycles. The summed E-state index contributed by atoms with van der Waals surface area (Å²) in [6.07, 6.45) is 5.37. The number of carbonyl (C=O) groups excluding carboxylic acids is 1. The lowest BCUT2D eigenvalue weighted by molar-refractivity contribution is -0.147. The van der Waals surface area contributed by atoms with Crippen LogP contribution in [0, 0.1) is 5.92 Å². The number of hydrogen-bond acceptors (Lipinski definition) is 3. The third-order valence-corrected chi connectivity index (χ3v) is 2.62. The van der Waals surface area contributed by atoms with Gasteiger partial charge in [-0.15, -0.1) is 0 Å². The first-order valence-corrected chi connectivity index (χ1v) is 5.19. The molecule has 0 bridgehead atoms. The van der Waals surface area contributed by atoms with Crippen LogP contribution in [-0.4, -0.2) is 23.8 Å². The lowest BCUT2D eigenvalue weighted by atomic mass is 10.0. The Labute approximate surface area is 84.8 Å². The van der Waals surface area contributed by atoms with Crippen molar-refractivity contribution in [3.8, 4) is 0 Å². The SMILES string of the molecule is C=CCOC(=O)C1CCCC(O)CC1. The molecule has 14 heavy (non-hydrogen) atoms. The van der Waals surface area contributed by atoms with Crippen molar-refractivity contribution in [3.63, 3.8) is 0 Å². The Morgan fingerprint density at radius 1 is 1.43 bits per heavy atom. The van der Waals surface area contributed by atoms with Crippen molar-refractivity contribution in [3.05, 3.63) is 12.7 Å². The standard InChI is InChI=1S/C11H18O3/c1-2-8-14-11(13)9-4-3-5-10(12)7-6-9/h2,9-10,12H,1,3-8H2. The van der Waals surface area contributed by atoms with Crippen LogP contribution in [-0.2, 0) is 9.53 Å². The molecule has 1 saturated carbocycles. The summed E-state index contributed by atoms with van der Waals surface area (Å²) in [5, 5.41) is 9.40. The predicted molar refractivity (Wildman–Crippen MR) is 53.7 cm³/mol. The van der Waals surface area contributed by atoms with Crippen LogP contribution >= 0.6 is 0 Å². The van der Waals surface area contributed by atoms with Crippen molar-refractivity contribution >= 4 is 5.97 Å². The number of carbonyl (C=O) groups is 1. The van der Waals surface area contributed by atoms with E-state index in [1.165, 1.54) is 0 Å². The number of aliphatic hydroxyl groups excluding tert-OH is 1. The summed E-state index contributed by atoms with van der Waals surface area (Å²) >= 11 is 0. The highest BCUT2D eigenvalue weighted by Gasteiger charge is 2.23. The normalized spacial score (nSPS) is 27.8. The Balaban J connectivity index is 2.35. The fraction of sp³-hybridized carbons (Fsp3) is 0.727. The summed E-state index contributed by atoms with van der Waals surface area (Å²) in [4.78, 5) is 11.5. The minimum Gasteiger partial charge on any atom is -0.461 e. The second-order valence-corrected chi connectivity index (χ2v) is 3.78. The van der Waals surface area contributed by atoms with Gasteiger partial charge in [0.05, 0.1) is 12.0 Å². The van der Waals surface area contributed by atoms with E-state index in [-0.39, 0.29) is 24.6 Å². The van der Waals surface area contributed by atoms with Crippen molar-refractivity contribution in [2.24, 2.45) is 5.92 Å². The molecule has 1 fully saturated rings. The summed E-state index contributed by atoms with van der Waals surface area (Å²) in [7, 11) is 0. The third kappa shape index (κ3) is 3.50. The molecule has 0 spiro atoms. The van der Waals surface area contributed by atoms with Gasteiger partial charge in [-0.1, -0.05) is 19.1 Å². The van der Waals surface area contributed by atoms with Crippen LogP contribution in [0.25, 0.3) is 0 Å². The molecule has 0 radical (unpaired) electrons. The Morgan fingerprint density at radius 3 is 2.93 bits per heavy atom. The quantitative estimate of drug-likeness (QED) is 0.426. The molecular weight excluding hydrogens is 180 g/mol. The monoisotopic (exact) mass is 198 g/mol. The van der Waals surface area contributed by atoms with Gasteiger partial charge in [0.2, 0.25) is 0 Å². The predicted octanol–water partition coefficient (Wildman–Crippen LogP) is 1.66. The molecule has 0 saturated heterocycles. The maximum absolute atomic E-state index is 11.5. The maximum Gasteiger partial charge on any atom is 0.309 e. The van der Waals surface area contributed by atoms with Crippen LogP contribution in [0.4, 0.5) is 0 Å². The minimum atomic E-state index is -0.229. The van der Waals surface area contributed by atoms with E-state index in [0.29, 0.717) is 6.42 Å². The lowest BCUT2D eigenvalue weighted by Crippen LogP contribution is -2.17. The molecule has 0 aromatic carbocycles. The smallest absolute Gasteiger partial charge is 0.309 e. The molecule has 2 unspecified atom stereocenters. The molecule has 0 aromatic heterocycles. The Bertz CT molecular complexity index is 201. The van der Waals surface area contributed by atoms with Crippen LogP contribution in [0.3, 0.4) is 0 Å². The van der Waals surface area contributed by atoms with Gasteiger partial charge in [-0.2, -0.15) is 0 Å². The topological polar surface area (TPSA) is 46.5 Å². The second kappa shape index (κ2) is 5.81. The minimum absolute atomic E-state index is 0.0212. The summed E-state index contributed by atoms with van der Waals surface area (Å²) < 4.78 is 4.98. The van der Waals surface area contributed by atoms with E-state index >= 15 is 0 Å². The van der Waals surface area contributed by atoms with E-state index in [2.05, 4.69) is 6.58 Å². The summed E-state index contributed by atoms with van der Waals surface area (Å²) in [5.41, 5.74) is 0. The molecule has 1 aliphatic rings. The van der Waals surface area contributed by atoms with Crippen LogP contribution in [0.5, 0.6) is 0 Å². The van der Waals surface area contributed by atoms with E-state index in [0.717, 1.165) is 25.7 Å². The Morgan fingerprint density at radius 2 is 2.21 bits per heavy atom. The van der Waals surface area contributed by atoms with Gasteiger partial charge in [-0.25, -0.2) is 0 Å². The molecule has 0 aliphatic heterocycles. The number of rotatable bonds is 3. The van der Waals surface area contributed by atoms with Crippen molar-refractivity contribution < 1.29 is 14.6 Å². The summed E-state index contributed by atoms with van der Waals surface area (Å²) in [6, 6.07) is 0. The first-order chi connectivity index (χ1) is 6.74. The average Bonchev–Trinajstić information content (AvgIpc) is 2.39. The van der Waals surface area contributed by atoms with Crippen LogP contribution in [0.15, 0.2) is 12.7 Å². The van der Waals surface area contributed by atoms with E-state index in [1.807, 2.05) is 0 Å². The van der Waals surface area contributed by atoms with Crippen molar-refractivity contribution in [1.29, 1.82) is 0 Å². The van der Waals surface area contributed by atoms with Gasteiger partial charge in [0.1, 0.15) is 6.61 Å². The zero-order valence-corrected chi connectivity index (χ0v) is 8.45. The zero-order valence-electron chi connectivity index (χ0n) is 8.45. The molecule has 80 valence electrons. The zero-order chi connectivity index (χ0) is 10.4. The van der Waals surface area contributed by atoms with Crippen LogP contribution in [0.1, 0.15) is 32.1 Å². The molecule has 2 atom stereocenters. The largest absolute Gasteiger partial charge is 0.461 e. The first kappa shape index (κ1) is 11.2. The number of ether oxygens (including phenoxy) is 1. The van der Waals surface area contributed by atoms with E-state index < -0.39 is 0 Å². The number of aliphatic hydroxyl groups is 1. The van der Waals surface area contributed by atoms with Gasteiger partial charge >= 0.3 is 5.97 Å². The fourth-order valence-electron chi connectivity index (χ4n) is 1.78. The summed E-state index contributed by atoms with van der Waals surface area (Å²) in [5.74, 6) is -0.161. The van der Waals surface area contributed by atoms with E-state index in [9.17, 15) is 9.90 Å². The molecule has 1 rings (SSSR count). The molecular formula is C11H18O3. The molecule has 3 nitrogen and oxygen atoms in total. The molecule has 3 heteroatoms. The number of hydrogen-bond donors (Lipinski definition) is 1. The van der Waals surface area contributed by atoms with Crippen molar-refractivity contribution in [1.82, 2.24) is 0 Å². The van der Waals surface area contributed by atoms with Crippen molar-refractivity contribution in [2.45, 2.75) is 38.2 Å². The van der Waals surface area contributed by atoms with E-state index in [1.54, 1.807) is 6.08 Å². The molecule has 1 aliphatic carbocycles. The molecule has 0 amide bonds. The van der Waals surface area contributed by atoms with Crippen LogP contribution < -0.4 is 0 Å². The van der Waals surface area contributed by atoms with Gasteiger partial charge < -0.3 is 9.84 Å². The highest BCUT2D eigenvalue weighted by Crippen LogP contribution is 2.24. The van der Waals surface area contributed by atoms with Crippen molar-refractivity contribution in [2.75, 3.05) is 6.61 Å². The summed E-state index contributed by atoms with van der Waals surface area (Å²) in [6.45, 7) is 3.78. The first-order valence-electron chi connectivity index (χ1n) is 5.19. The second-order valence-electron chi connectivity index (χ2n) is 3.78. The highest BCUT2D eigenvalue weighted by atomic mass is 16.5. The van der Waals surface area contributed by atoms with Crippen LogP contribution in [0.2, 0.25) is 0 Å². The van der Waals surface area contributed by atoms with Gasteiger partial charge in [-0.05, 0) is 25.7 Å². The van der Waals surface area contributed by atoms with Gasteiger partial charge in [0.25, 0.3) is 0 Å². The molecule has 0 aromatic rings. The number of esters is 1. The Kier molecular flexibility index (Phi) is 4.66. The highest BCUT2D eigenvalue weighted by molar-refractivity contribution is 5.72. The third-order valence-electron chi connectivity index (χ3n) is 2.62. The maximum atomic E-state index is 11.5.